The van der Waals surface area contributed by atoms with Crippen molar-refractivity contribution in [1.82, 2.24) is 0 Å². The molecule has 0 atom stereocenters. The highest BCUT2D eigenvalue weighted by Crippen LogP contribution is 2.25. The third-order valence-electron chi connectivity index (χ3n) is 1.83. The highest BCUT2D eigenvalue weighted by molar-refractivity contribution is 5.78. The predicted molar refractivity (Wildman–Crippen MR) is 59.3 cm³/mol. The second-order valence-corrected chi connectivity index (χ2v) is 2.85. The van der Waals surface area contributed by atoms with Gasteiger partial charge in [-0.05, 0) is 12.1 Å². The zero-order valence-corrected chi connectivity index (χ0v) is 8.64. The molecule has 1 aromatic carbocycles. The number of nitrogens with zero attached hydrogens (tertiary/aromatic N) is 1. The molecule has 5 heteroatoms. The van der Waals surface area contributed by atoms with E-state index in [0.717, 1.165) is 6.34 Å². The third-order valence-corrected chi connectivity index (χ3v) is 1.83. The van der Waals surface area contributed by atoms with E-state index in [2.05, 4.69) is 0 Å². The van der Waals surface area contributed by atoms with Crippen LogP contribution in [0, 0.1) is 5.41 Å². The first-order valence-electron chi connectivity index (χ1n) is 4.55. The van der Waals surface area contributed by atoms with E-state index < -0.39 is 0 Å². The summed E-state index contributed by atoms with van der Waals surface area (Å²) in [5.41, 5.74) is 0.656. The molecule has 0 bridgehead atoms. The van der Waals surface area contributed by atoms with E-state index in [0.29, 0.717) is 24.7 Å². The standard InChI is InChI=1S/C10H15N3O2/c1-14-6-7-15-10-5-3-2-4-9(10)13(12)8-11/h2-5,8,11H,6-7,12H2,1H3. The Kier molecular flexibility index (Phi) is 4.59. The van der Waals surface area contributed by atoms with Crippen molar-refractivity contribution in [2.75, 3.05) is 25.3 Å². The molecular weight excluding hydrogens is 194 g/mol. The molecule has 15 heavy (non-hydrogen) atoms. The zero-order chi connectivity index (χ0) is 11.1. The van der Waals surface area contributed by atoms with Crippen molar-refractivity contribution in [3.63, 3.8) is 0 Å². The minimum Gasteiger partial charge on any atom is -0.489 e. The van der Waals surface area contributed by atoms with Gasteiger partial charge in [0.25, 0.3) is 0 Å². The molecule has 1 rings (SSSR count). The third kappa shape index (κ3) is 3.23. The molecule has 0 aliphatic rings. The fourth-order valence-corrected chi connectivity index (χ4v) is 1.10. The van der Waals surface area contributed by atoms with Crippen molar-refractivity contribution in [3.8, 4) is 5.75 Å². The van der Waals surface area contributed by atoms with Gasteiger partial charge in [-0.3, -0.25) is 10.4 Å². The first kappa shape index (κ1) is 11.5. The number of nitrogens with one attached hydrogen (secondary N) is 1. The molecule has 5 nitrogen and oxygen atoms in total. The summed E-state index contributed by atoms with van der Waals surface area (Å²) in [5.74, 6) is 6.22. The molecule has 0 aliphatic carbocycles. The maximum absolute atomic E-state index is 7.05. The van der Waals surface area contributed by atoms with Crippen LogP contribution in [-0.2, 0) is 4.74 Å². The van der Waals surface area contributed by atoms with Crippen LogP contribution in [0.4, 0.5) is 5.69 Å². The molecule has 3 N–H and O–H groups in total. The van der Waals surface area contributed by atoms with Crippen LogP contribution in [-0.4, -0.2) is 26.7 Å². The van der Waals surface area contributed by atoms with E-state index in [1.807, 2.05) is 12.1 Å². The first-order valence-corrected chi connectivity index (χ1v) is 4.55. The molecule has 0 aromatic heterocycles. The molecule has 0 unspecified atom stereocenters. The van der Waals surface area contributed by atoms with Gasteiger partial charge in [-0.15, -0.1) is 0 Å². The van der Waals surface area contributed by atoms with Crippen LogP contribution < -0.4 is 15.6 Å². The number of para-hydroxylation sites is 2. The molecule has 0 aliphatic heterocycles. The SMILES string of the molecule is COCCOc1ccccc1N(N)C=N. The van der Waals surface area contributed by atoms with E-state index in [4.69, 9.17) is 20.7 Å². The summed E-state index contributed by atoms with van der Waals surface area (Å²) in [6, 6.07) is 7.27. The van der Waals surface area contributed by atoms with Crippen molar-refractivity contribution < 1.29 is 9.47 Å². The Balaban J connectivity index is 2.72. The van der Waals surface area contributed by atoms with Gasteiger partial charge in [-0.1, -0.05) is 12.1 Å². The number of hydrogen-bond acceptors (Lipinski definition) is 4. The van der Waals surface area contributed by atoms with Crippen molar-refractivity contribution in [2.24, 2.45) is 5.84 Å². The van der Waals surface area contributed by atoms with Crippen molar-refractivity contribution >= 4 is 12.0 Å². The Labute approximate surface area is 88.9 Å². The summed E-state index contributed by atoms with van der Waals surface area (Å²) in [5, 5.41) is 8.25. The minimum absolute atomic E-state index is 0.458. The molecule has 0 saturated carbocycles. The Bertz CT molecular complexity index is 317. The van der Waals surface area contributed by atoms with Crippen molar-refractivity contribution in [3.05, 3.63) is 24.3 Å². The summed E-state index contributed by atoms with van der Waals surface area (Å²) in [4.78, 5) is 0. The molecule has 1 aromatic rings. The Morgan fingerprint density at radius 1 is 1.40 bits per heavy atom. The lowest BCUT2D eigenvalue weighted by molar-refractivity contribution is 0.146. The largest absolute Gasteiger partial charge is 0.489 e. The lowest BCUT2D eigenvalue weighted by Gasteiger charge is -2.16. The van der Waals surface area contributed by atoms with E-state index in [9.17, 15) is 0 Å². The van der Waals surface area contributed by atoms with Gasteiger partial charge in [0.2, 0.25) is 0 Å². The first-order chi connectivity index (χ1) is 7.29. The number of anilines is 1. The lowest BCUT2D eigenvalue weighted by Crippen LogP contribution is -2.29. The van der Waals surface area contributed by atoms with Crippen LogP contribution in [0.15, 0.2) is 24.3 Å². The Morgan fingerprint density at radius 2 is 2.13 bits per heavy atom. The highest BCUT2D eigenvalue weighted by Gasteiger charge is 2.05. The molecule has 0 spiro atoms. The average molecular weight is 209 g/mol. The quantitative estimate of drug-likeness (QED) is 0.241. The Hall–Kier alpha value is -1.59. The van der Waals surface area contributed by atoms with Gasteiger partial charge in [0.1, 0.15) is 24.4 Å². The normalized spacial score (nSPS) is 9.73. The smallest absolute Gasteiger partial charge is 0.144 e. The molecule has 82 valence electrons. The summed E-state index contributed by atoms with van der Waals surface area (Å²) >= 11 is 0. The summed E-state index contributed by atoms with van der Waals surface area (Å²) < 4.78 is 10.3. The maximum Gasteiger partial charge on any atom is 0.144 e. The van der Waals surface area contributed by atoms with E-state index in [1.165, 1.54) is 5.01 Å². The van der Waals surface area contributed by atoms with Gasteiger partial charge in [0.05, 0.1) is 6.61 Å². The van der Waals surface area contributed by atoms with Crippen molar-refractivity contribution in [1.29, 1.82) is 5.41 Å². The fourth-order valence-electron chi connectivity index (χ4n) is 1.10. The summed E-state index contributed by atoms with van der Waals surface area (Å²) in [6.07, 6.45) is 1.03. The summed E-state index contributed by atoms with van der Waals surface area (Å²) in [7, 11) is 1.61. The van der Waals surface area contributed by atoms with Crippen LogP contribution in [0.1, 0.15) is 0 Å². The molecular formula is C10H15N3O2. The second-order valence-electron chi connectivity index (χ2n) is 2.85. The van der Waals surface area contributed by atoms with Gasteiger partial charge in [0.15, 0.2) is 0 Å². The van der Waals surface area contributed by atoms with Gasteiger partial charge < -0.3 is 9.47 Å². The monoisotopic (exact) mass is 209 g/mol. The highest BCUT2D eigenvalue weighted by atomic mass is 16.5. The van der Waals surface area contributed by atoms with Crippen LogP contribution in [0.3, 0.4) is 0 Å². The van der Waals surface area contributed by atoms with Gasteiger partial charge in [0, 0.05) is 7.11 Å². The Morgan fingerprint density at radius 3 is 2.80 bits per heavy atom. The maximum atomic E-state index is 7.05. The number of ether oxygens (including phenoxy) is 2. The van der Waals surface area contributed by atoms with Crippen LogP contribution in [0.5, 0.6) is 5.75 Å². The average Bonchev–Trinajstić information content (AvgIpc) is 2.29. The number of methoxy groups -OCH3 is 1. The van der Waals surface area contributed by atoms with Gasteiger partial charge >= 0.3 is 0 Å². The second kappa shape index (κ2) is 6.00. The van der Waals surface area contributed by atoms with Crippen LogP contribution in [0.2, 0.25) is 0 Å². The lowest BCUT2D eigenvalue weighted by atomic mass is 10.3. The molecule has 0 fully saturated rings. The minimum atomic E-state index is 0.458. The number of rotatable bonds is 6. The molecule has 0 saturated heterocycles. The van der Waals surface area contributed by atoms with E-state index in [-0.39, 0.29) is 0 Å². The van der Waals surface area contributed by atoms with E-state index >= 15 is 0 Å². The van der Waals surface area contributed by atoms with Crippen LogP contribution in [0.25, 0.3) is 0 Å². The van der Waals surface area contributed by atoms with Gasteiger partial charge in [-0.25, -0.2) is 5.84 Å². The van der Waals surface area contributed by atoms with Gasteiger partial charge in [-0.2, -0.15) is 0 Å². The molecule has 0 radical (unpaired) electrons. The van der Waals surface area contributed by atoms with E-state index in [1.54, 1.807) is 19.2 Å². The summed E-state index contributed by atoms with van der Waals surface area (Å²) in [6.45, 7) is 0.975. The number of benzene rings is 1. The number of hydrogen-bond donors (Lipinski definition) is 2. The number of nitrogens with two attached hydrogens (primary N) is 1. The fraction of sp³-hybridized carbons (Fsp3) is 0.300. The van der Waals surface area contributed by atoms with Crippen LogP contribution >= 0.6 is 0 Å². The predicted octanol–water partition coefficient (Wildman–Crippen LogP) is 0.999. The van der Waals surface area contributed by atoms with Crippen molar-refractivity contribution in [2.45, 2.75) is 0 Å². The topological polar surface area (TPSA) is 71.6 Å². The molecule has 0 heterocycles. The zero-order valence-electron chi connectivity index (χ0n) is 8.64. The molecule has 0 amide bonds. The number of hydrazine groups is 1.